The second kappa shape index (κ2) is 5.54. The van der Waals surface area contributed by atoms with Crippen LogP contribution in [0.3, 0.4) is 0 Å². The molecule has 0 amide bonds. The number of sulfone groups is 1. The van der Waals surface area contributed by atoms with Gasteiger partial charge in [-0.2, -0.15) is 0 Å². The molecule has 1 aliphatic carbocycles. The summed E-state index contributed by atoms with van der Waals surface area (Å²) in [5.41, 5.74) is 0. The zero-order valence-electron chi connectivity index (χ0n) is 13.0. The molecule has 5 nitrogen and oxygen atoms in total. The number of hydrogen-bond acceptors (Lipinski definition) is 3. The smallest absolute Gasteiger partial charge is 0.193 e. The Hall–Kier alpha value is -0.780. The zero-order chi connectivity index (χ0) is 15.0. The van der Waals surface area contributed by atoms with Gasteiger partial charge in [-0.05, 0) is 32.6 Å². The maximum atomic E-state index is 12.0. The molecule has 6 heteroatoms. The van der Waals surface area contributed by atoms with E-state index in [4.69, 9.17) is 0 Å². The predicted molar refractivity (Wildman–Crippen MR) is 82.7 cm³/mol. The summed E-state index contributed by atoms with van der Waals surface area (Å²) >= 11 is 0. The third-order valence-electron chi connectivity index (χ3n) is 4.45. The van der Waals surface area contributed by atoms with E-state index in [2.05, 4.69) is 22.1 Å². The van der Waals surface area contributed by atoms with Crippen molar-refractivity contribution >= 4 is 15.8 Å². The second-order valence-electron chi connectivity index (χ2n) is 6.58. The molecule has 0 spiro atoms. The molecule has 2 rings (SSSR count). The summed E-state index contributed by atoms with van der Waals surface area (Å²) in [6, 6.07) is 0.523. The number of nitrogens with zero attached hydrogens (tertiary/aromatic N) is 2. The van der Waals surface area contributed by atoms with Crippen molar-refractivity contribution in [2.75, 3.05) is 25.9 Å². The minimum atomic E-state index is -2.99. The van der Waals surface area contributed by atoms with Gasteiger partial charge in [-0.15, -0.1) is 0 Å². The Kier molecular flexibility index (Phi) is 4.33. The van der Waals surface area contributed by atoms with E-state index in [9.17, 15) is 8.42 Å². The van der Waals surface area contributed by atoms with Gasteiger partial charge in [0.25, 0.3) is 0 Å². The van der Waals surface area contributed by atoms with E-state index in [0.29, 0.717) is 19.1 Å². The Morgan fingerprint density at radius 1 is 1.45 bits per heavy atom. The molecule has 116 valence electrons. The van der Waals surface area contributed by atoms with Crippen LogP contribution in [0.5, 0.6) is 0 Å². The molecule has 0 bridgehead atoms. The lowest BCUT2D eigenvalue weighted by Crippen LogP contribution is -2.57. The van der Waals surface area contributed by atoms with Crippen molar-refractivity contribution in [2.45, 2.75) is 50.8 Å². The van der Waals surface area contributed by atoms with E-state index >= 15 is 0 Å². The second-order valence-corrected chi connectivity index (χ2v) is 9.33. The highest BCUT2D eigenvalue weighted by molar-refractivity contribution is 7.92. The minimum Gasteiger partial charge on any atom is -0.353 e. The molecule has 1 saturated carbocycles. The zero-order valence-corrected chi connectivity index (χ0v) is 13.8. The highest BCUT2D eigenvalue weighted by Crippen LogP contribution is 2.35. The standard InChI is InChI=1S/C14H27N3O2S/c1-5-6-11-9-12(11)16-13(15-4)17-7-8-20(18,19)14(2,3)10-17/h11-12H,5-10H2,1-4H3,(H,15,16). The third-order valence-corrected chi connectivity index (χ3v) is 6.98. The van der Waals surface area contributed by atoms with E-state index in [1.54, 1.807) is 20.9 Å². The Bertz CT molecular complexity index is 485. The van der Waals surface area contributed by atoms with E-state index < -0.39 is 14.6 Å². The van der Waals surface area contributed by atoms with Crippen molar-refractivity contribution in [2.24, 2.45) is 10.9 Å². The van der Waals surface area contributed by atoms with Crippen molar-refractivity contribution < 1.29 is 8.42 Å². The summed E-state index contributed by atoms with van der Waals surface area (Å²) < 4.78 is 23.4. The van der Waals surface area contributed by atoms with Crippen LogP contribution in [0.25, 0.3) is 0 Å². The van der Waals surface area contributed by atoms with E-state index in [1.165, 1.54) is 19.3 Å². The van der Waals surface area contributed by atoms with Gasteiger partial charge in [-0.1, -0.05) is 13.3 Å². The summed E-state index contributed by atoms with van der Waals surface area (Å²) in [5, 5.41) is 3.49. The molecule has 0 aromatic rings. The van der Waals surface area contributed by atoms with Gasteiger partial charge in [0.1, 0.15) is 0 Å². The number of rotatable bonds is 3. The fraction of sp³-hybridized carbons (Fsp3) is 0.929. The maximum absolute atomic E-state index is 12.0. The van der Waals surface area contributed by atoms with Gasteiger partial charge in [0, 0.05) is 26.2 Å². The first-order valence-electron chi connectivity index (χ1n) is 7.51. The van der Waals surface area contributed by atoms with Crippen LogP contribution >= 0.6 is 0 Å². The minimum absolute atomic E-state index is 0.212. The predicted octanol–water partition coefficient (Wildman–Crippen LogP) is 1.26. The molecule has 2 unspecified atom stereocenters. The molecule has 0 aromatic carbocycles. The monoisotopic (exact) mass is 301 g/mol. The average molecular weight is 301 g/mol. The van der Waals surface area contributed by atoms with Gasteiger partial charge < -0.3 is 10.2 Å². The Morgan fingerprint density at radius 3 is 2.70 bits per heavy atom. The molecule has 1 heterocycles. The SMILES string of the molecule is CCCC1CC1NC(=NC)N1CCS(=O)(=O)C(C)(C)C1. The van der Waals surface area contributed by atoms with Crippen molar-refractivity contribution in [1.29, 1.82) is 0 Å². The van der Waals surface area contributed by atoms with Gasteiger partial charge in [0.2, 0.25) is 0 Å². The summed E-state index contributed by atoms with van der Waals surface area (Å²) in [5.74, 6) is 1.83. The maximum Gasteiger partial charge on any atom is 0.193 e. The van der Waals surface area contributed by atoms with Crippen molar-refractivity contribution in [3.8, 4) is 0 Å². The quantitative estimate of drug-likeness (QED) is 0.630. The van der Waals surface area contributed by atoms with E-state index in [-0.39, 0.29) is 5.75 Å². The third kappa shape index (κ3) is 3.10. The van der Waals surface area contributed by atoms with Crippen LogP contribution in [0.1, 0.15) is 40.0 Å². The van der Waals surface area contributed by atoms with Gasteiger partial charge in [0.05, 0.1) is 10.5 Å². The van der Waals surface area contributed by atoms with Crippen LogP contribution in [-0.4, -0.2) is 56.0 Å². The van der Waals surface area contributed by atoms with Crippen LogP contribution in [-0.2, 0) is 9.84 Å². The summed E-state index contributed by atoms with van der Waals surface area (Å²) in [4.78, 5) is 6.42. The lowest BCUT2D eigenvalue weighted by atomic mass is 10.2. The molecule has 1 saturated heterocycles. The van der Waals surface area contributed by atoms with Gasteiger partial charge >= 0.3 is 0 Å². The average Bonchev–Trinajstić information content (AvgIpc) is 3.09. The van der Waals surface area contributed by atoms with Crippen LogP contribution in [0.2, 0.25) is 0 Å². The molecule has 20 heavy (non-hydrogen) atoms. The van der Waals surface area contributed by atoms with Crippen molar-refractivity contribution in [3.63, 3.8) is 0 Å². The molecule has 2 atom stereocenters. The highest BCUT2D eigenvalue weighted by atomic mass is 32.2. The highest BCUT2D eigenvalue weighted by Gasteiger charge is 2.43. The molecule has 1 N–H and O–H groups in total. The lowest BCUT2D eigenvalue weighted by molar-refractivity contribution is 0.352. The topological polar surface area (TPSA) is 61.8 Å². The molecule has 0 aromatic heterocycles. The molecular formula is C14H27N3O2S. The van der Waals surface area contributed by atoms with Gasteiger partial charge in [0.15, 0.2) is 15.8 Å². The molecule has 2 fully saturated rings. The fourth-order valence-electron chi connectivity index (χ4n) is 2.90. The largest absolute Gasteiger partial charge is 0.353 e. The Labute approximate surface area is 122 Å². The number of nitrogens with one attached hydrogen (secondary N) is 1. The van der Waals surface area contributed by atoms with E-state index in [1.807, 2.05) is 0 Å². The lowest BCUT2D eigenvalue weighted by Gasteiger charge is -2.39. The molecule has 2 aliphatic rings. The van der Waals surface area contributed by atoms with Gasteiger partial charge in [-0.25, -0.2) is 8.42 Å². The first-order valence-corrected chi connectivity index (χ1v) is 9.16. The van der Waals surface area contributed by atoms with Crippen molar-refractivity contribution in [1.82, 2.24) is 10.2 Å². The molecular weight excluding hydrogens is 274 g/mol. The Balaban J connectivity index is 1.97. The normalized spacial score (nSPS) is 32.0. The van der Waals surface area contributed by atoms with Crippen LogP contribution < -0.4 is 5.32 Å². The summed E-state index contributed by atoms with van der Waals surface area (Å²) in [7, 11) is -1.22. The van der Waals surface area contributed by atoms with E-state index in [0.717, 1.165) is 11.9 Å². The first-order chi connectivity index (χ1) is 9.30. The van der Waals surface area contributed by atoms with Crippen LogP contribution in [0.15, 0.2) is 4.99 Å². The van der Waals surface area contributed by atoms with Crippen molar-refractivity contribution in [3.05, 3.63) is 0 Å². The summed E-state index contributed by atoms with van der Waals surface area (Å²) in [6.07, 6.45) is 3.69. The van der Waals surface area contributed by atoms with Crippen LogP contribution in [0, 0.1) is 5.92 Å². The number of aliphatic imine (C=N–C) groups is 1. The van der Waals surface area contributed by atoms with Crippen LogP contribution in [0.4, 0.5) is 0 Å². The summed E-state index contributed by atoms with van der Waals surface area (Å²) in [6.45, 7) is 6.87. The molecule has 0 radical (unpaired) electrons. The number of hydrogen-bond donors (Lipinski definition) is 1. The molecule has 1 aliphatic heterocycles. The Morgan fingerprint density at radius 2 is 2.15 bits per heavy atom. The fourth-order valence-corrected chi connectivity index (χ4v) is 4.27. The number of guanidine groups is 1. The van der Waals surface area contributed by atoms with Gasteiger partial charge in [-0.3, -0.25) is 4.99 Å². The first kappa shape index (κ1) is 15.6.